The van der Waals surface area contributed by atoms with Crippen molar-refractivity contribution in [3.8, 4) is 5.75 Å². The molecule has 2 N–H and O–H groups in total. The van der Waals surface area contributed by atoms with Crippen LogP contribution in [0.3, 0.4) is 0 Å². The molecule has 23 heavy (non-hydrogen) atoms. The highest BCUT2D eigenvalue weighted by molar-refractivity contribution is 5.84. The Morgan fingerprint density at radius 1 is 1.04 bits per heavy atom. The van der Waals surface area contributed by atoms with Crippen LogP contribution in [0.2, 0.25) is 0 Å². The normalized spacial score (nSPS) is 11.2. The van der Waals surface area contributed by atoms with Crippen molar-refractivity contribution >= 4 is 28.2 Å². The summed E-state index contributed by atoms with van der Waals surface area (Å²) >= 11 is 0. The van der Waals surface area contributed by atoms with E-state index in [4.69, 9.17) is 0 Å². The third-order valence-electron chi connectivity index (χ3n) is 3.74. The summed E-state index contributed by atoms with van der Waals surface area (Å²) in [6, 6.07) is 14.8. The van der Waals surface area contributed by atoms with Crippen molar-refractivity contribution in [2.24, 2.45) is 0 Å². The van der Waals surface area contributed by atoms with E-state index in [9.17, 15) is 5.11 Å². The van der Waals surface area contributed by atoms with E-state index in [2.05, 4.69) is 27.4 Å². The Balaban J connectivity index is 1.94. The molecule has 0 aliphatic rings. The van der Waals surface area contributed by atoms with Crippen molar-refractivity contribution in [3.05, 3.63) is 54.4 Å². The highest BCUT2D eigenvalue weighted by Crippen LogP contribution is 2.25. The average Bonchev–Trinajstić information content (AvgIpc) is 3.02. The first kappa shape index (κ1) is 13.5. The zero-order chi connectivity index (χ0) is 15.8. The second-order valence-electron chi connectivity index (χ2n) is 5.25. The lowest BCUT2D eigenvalue weighted by atomic mass is 10.2. The van der Waals surface area contributed by atoms with E-state index < -0.39 is 0 Å². The van der Waals surface area contributed by atoms with E-state index >= 15 is 0 Å². The Morgan fingerprint density at radius 3 is 2.61 bits per heavy atom. The van der Waals surface area contributed by atoms with Gasteiger partial charge in [-0.2, -0.15) is 0 Å². The van der Waals surface area contributed by atoms with Gasteiger partial charge in [-0.15, -0.1) is 10.2 Å². The van der Waals surface area contributed by atoms with E-state index in [-0.39, 0.29) is 5.75 Å². The Labute approximate surface area is 132 Å². The Morgan fingerprint density at radius 2 is 1.83 bits per heavy atom. The van der Waals surface area contributed by atoms with Gasteiger partial charge < -0.3 is 10.4 Å². The Hall–Kier alpha value is -3.15. The van der Waals surface area contributed by atoms with E-state index in [1.165, 1.54) is 0 Å². The predicted molar refractivity (Wildman–Crippen MR) is 89.1 cm³/mol. The van der Waals surface area contributed by atoms with Crippen LogP contribution in [-0.4, -0.2) is 24.7 Å². The first-order valence-electron chi connectivity index (χ1n) is 7.45. The number of aromatic nitrogens is 4. The lowest BCUT2D eigenvalue weighted by molar-refractivity contribution is 0.475. The Kier molecular flexibility index (Phi) is 3.08. The zero-order valence-corrected chi connectivity index (χ0v) is 12.6. The van der Waals surface area contributed by atoms with Crippen molar-refractivity contribution in [3.63, 3.8) is 0 Å². The van der Waals surface area contributed by atoms with E-state index in [1.54, 1.807) is 24.3 Å². The molecule has 0 unspecified atom stereocenters. The first-order chi connectivity index (χ1) is 11.3. The number of phenols is 1. The second kappa shape index (κ2) is 5.24. The monoisotopic (exact) mass is 305 g/mol. The molecule has 6 heteroatoms. The number of nitrogens with one attached hydrogen (secondary N) is 1. The van der Waals surface area contributed by atoms with Crippen molar-refractivity contribution in [2.45, 2.75) is 13.3 Å². The lowest BCUT2D eigenvalue weighted by Gasteiger charge is -2.10. The number of hydrogen-bond donors (Lipinski definition) is 2. The van der Waals surface area contributed by atoms with E-state index in [1.807, 2.05) is 28.7 Å². The molecular formula is C17H15N5O. The fourth-order valence-corrected chi connectivity index (χ4v) is 2.64. The lowest BCUT2D eigenvalue weighted by Crippen LogP contribution is -2.02. The van der Waals surface area contributed by atoms with Gasteiger partial charge in [-0.1, -0.05) is 19.1 Å². The van der Waals surface area contributed by atoms with Crippen LogP contribution in [0.1, 0.15) is 12.7 Å². The number of fused-ring (bicyclic) bond motifs is 3. The van der Waals surface area contributed by atoms with Crippen molar-refractivity contribution in [1.29, 1.82) is 0 Å². The van der Waals surface area contributed by atoms with Crippen LogP contribution in [0.5, 0.6) is 5.75 Å². The minimum Gasteiger partial charge on any atom is -0.508 e. The molecular weight excluding hydrogens is 290 g/mol. The van der Waals surface area contributed by atoms with Crippen molar-refractivity contribution in [1.82, 2.24) is 19.6 Å². The number of aromatic hydroxyl groups is 1. The Bertz CT molecular complexity index is 991. The quantitative estimate of drug-likeness (QED) is 0.568. The van der Waals surface area contributed by atoms with Gasteiger partial charge in [0.1, 0.15) is 11.6 Å². The molecule has 0 aliphatic carbocycles. The number of nitrogens with zero attached hydrogens (tertiary/aromatic N) is 4. The molecule has 0 fully saturated rings. The molecule has 0 saturated carbocycles. The number of aryl methyl sites for hydroxylation is 1. The van der Waals surface area contributed by atoms with Gasteiger partial charge >= 0.3 is 0 Å². The minimum absolute atomic E-state index is 0.225. The summed E-state index contributed by atoms with van der Waals surface area (Å²) in [5, 5.41) is 21.2. The minimum atomic E-state index is 0.225. The fourth-order valence-electron chi connectivity index (χ4n) is 2.64. The summed E-state index contributed by atoms with van der Waals surface area (Å²) in [7, 11) is 0. The number of phenolic OH excluding ortho intramolecular Hbond substituents is 1. The number of rotatable bonds is 3. The molecule has 2 heterocycles. The number of para-hydroxylation sites is 2. The SMILES string of the molecule is CCc1nnc2c(Nc3ccc(O)cc3)nc3ccccc3n12. The number of anilines is 2. The van der Waals surface area contributed by atoms with Gasteiger partial charge in [0.15, 0.2) is 5.82 Å². The van der Waals surface area contributed by atoms with Crippen molar-refractivity contribution < 1.29 is 5.11 Å². The van der Waals surface area contributed by atoms with Gasteiger partial charge in [-0.05, 0) is 36.4 Å². The van der Waals surface area contributed by atoms with Gasteiger partial charge in [0.05, 0.1) is 11.0 Å². The van der Waals surface area contributed by atoms with Gasteiger partial charge in [0.25, 0.3) is 0 Å². The number of hydrogen-bond acceptors (Lipinski definition) is 5. The van der Waals surface area contributed by atoms with E-state index in [0.29, 0.717) is 11.5 Å². The molecule has 4 rings (SSSR count). The fraction of sp³-hybridized carbons (Fsp3) is 0.118. The summed E-state index contributed by atoms with van der Waals surface area (Å²) in [5.41, 5.74) is 3.37. The molecule has 0 atom stereocenters. The van der Waals surface area contributed by atoms with Crippen LogP contribution in [0.4, 0.5) is 11.5 Å². The van der Waals surface area contributed by atoms with Gasteiger partial charge in [-0.3, -0.25) is 4.40 Å². The standard InChI is InChI=1S/C17H15N5O/c1-2-15-20-21-17-16(18-11-7-9-12(23)10-8-11)19-13-5-3-4-6-14(13)22(15)17/h3-10,23H,2H2,1H3,(H,18,19). The van der Waals surface area contributed by atoms with Crippen molar-refractivity contribution in [2.75, 3.05) is 5.32 Å². The third kappa shape index (κ3) is 2.24. The highest BCUT2D eigenvalue weighted by Gasteiger charge is 2.14. The molecule has 114 valence electrons. The summed E-state index contributed by atoms with van der Waals surface area (Å²) in [5.74, 6) is 1.76. The summed E-state index contributed by atoms with van der Waals surface area (Å²) in [6.07, 6.45) is 0.786. The molecule has 0 spiro atoms. The van der Waals surface area contributed by atoms with Gasteiger partial charge in [0.2, 0.25) is 5.65 Å². The van der Waals surface area contributed by atoms with Crippen LogP contribution >= 0.6 is 0 Å². The predicted octanol–water partition coefficient (Wildman–Crippen LogP) is 3.29. The largest absolute Gasteiger partial charge is 0.508 e. The maximum atomic E-state index is 9.40. The zero-order valence-electron chi connectivity index (χ0n) is 12.6. The molecule has 2 aromatic heterocycles. The molecule has 0 bridgehead atoms. The maximum Gasteiger partial charge on any atom is 0.204 e. The maximum absolute atomic E-state index is 9.40. The van der Waals surface area contributed by atoms with Gasteiger partial charge in [0, 0.05) is 12.1 Å². The molecule has 2 aromatic carbocycles. The third-order valence-corrected chi connectivity index (χ3v) is 3.74. The van der Waals surface area contributed by atoms with E-state index in [0.717, 1.165) is 29.0 Å². The second-order valence-corrected chi connectivity index (χ2v) is 5.25. The average molecular weight is 305 g/mol. The topological polar surface area (TPSA) is 75.3 Å². The highest BCUT2D eigenvalue weighted by atomic mass is 16.3. The van der Waals surface area contributed by atoms with Crippen LogP contribution in [0.15, 0.2) is 48.5 Å². The first-order valence-corrected chi connectivity index (χ1v) is 7.45. The van der Waals surface area contributed by atoms with Crippen LogP contribution in [-0.2, 0) is 6.42 Å². The van der Waals surface area contributed by atoms with Crippen LogP contribution < -0.4 is 5.32 Å². The molecule has 4 aromatic rings. The number of benzene rings is 2. The molecule has 0 radical (unpaired) electrons. The summed E-state index contributed by atoms with van der Waals surface area (Å²) in [4.78, 5) is 4.67. The molecule has 0 aliphatic heterocycles. The molecule has 6 nitrogen and oxygen atoms in total. The molecule has 0 amide bonds. The van der Waals surface area contributed by atoms with Gasteiger partial charge in [-0.25, -0.2) is 4.98 Å². The van der Waals surface area contributed by atoms with Crippen LogP contribution in [0, 0.1) is 0 Å². The van der Waals surface area contributed by atoms with Crippen LogP contribution in [0.25, 0.3) is 16.7 Å². The molecule has 0 saturated heterocycles. The summed E-state index contributed by atoms with van der Waals surface area (Å²) in [6.45, 7) is 2.05. The smallest absolute Gasteiger partial charge is 0.204 e. The summed E-state index contributed by atoms with van der Waals surface area (Å²) < 4.78 is 2.03.